The van der Waals surface area contributed by atoms with E-state index < -0.39 is 0 Å². The number of hydrogen-bond donors (Lipinski definition) is 0. The summed E-state index contributed by atoms with van der Waals surface area (Å²) in [4.78, 5) is 2.16. The van der Waals surface area contributed by atoms with E-state index in [1.807, 2.05) is 10.9 Å². The first-order valence-electron chi connectivity index (χ1n) is 4.39. The first kappa shape index (κ1) is 9.26. The minimum Gasteiger partial charge on any atom is -0.308 e. The van der Waals surface area contributed by atoms with E-state index in [1.165, 1.54) is 5.69 Å². The van der Waals surface area contributed by atoms with Crippen molar-refractivity contribution in [3.05, 3.63) is 18.0 Å². The van der Waals surface area contributed by atoms with Gasteiger partial charge >= 0.3 is 0 Å². The van der Waals surface area contributed by atoms with Crippen LogP contribution < -0.4 is 0 Å². The van der Waals surface area contributed by atoms with E-state index in [0.717, 1.165) is 19.5 Å². The molecule has 0 saturated carbocycles. The number of likely N-dealkylation sites (N-methyl/N-ethyl adjacent to an activating group) is 1. The van der Waals surface area contributed by atoms with Crippen molar-refractivity contribution < 1.29 is 0 Å². The minimum atomic E-state index is 0.979. The van der Waals surface area contributed by atoms with Crippen LogP contribution in [0.3, 0.4) is 0 Å². The van der Waals surface area contributed by atoms with Crippen LogP contribution in [0.15, 0.2) is 12.3 Å². The Hall–Kier alpha value is -0.830. The molecule has 3 heteroatoms. The molecule has 1 rings (SSSR count). The molecule has 0 aromatic carbocycles. The average molecular weight is 167 g/mol. The molecular weight excluding hydrogens is 150 g/mol. The average Bonchev–Trinajstić information content (AvgIpc) is 2.48. The molecule has 1 aromatic heterocycles. The summed E-state index contributed by atoms with van der Waals surface area (Å²) in [5, 5.41) is 4.39. The van der Waals surface area contributed by atoms with E-state index in [4.69, 9.17) is 0 Å². The lowest BCUT2D eigenvalue weighted by molar-refractivity contribution is 0.372. The topological polar surface area (TPSA) is 21.1 Å². The summed E-state index contributed by atoms with van der Waals surface area (Å²) in [7, 11) is 4.15. The van der Waals surface area contributed by atoms with E-state index in [2.05, 4.69) is 37.1 Å². The fourth-order valence-electron chi connectivity index (χ4n) is 1.02. The molecule has 0 atom stereocenters. The third-order valence-corrected chi connectivity index (χ3v) is 1.83. The Kier molecular flexibility index (Phi) is 3.29. The van der Waals surface area contributed by atoms with Crippen LogP contribution in [0.2, 0.25) is 0 Å². The fourth-order valence-corrected chi connectivity index (χ4v) is 1.02. The summed E-state index contributed by atoms with van der Waals surface area (Å²) in [5.74, 6) is 0. The van der Waals surface area contributed by atoms with Gasteiger partial charge in [-0.15, -0.1) is 0 Å². The van der Waals surface area contributed by atoms with E-state index in [9.17, 15) is 0 Å². The molecule has 0 unspecified atom stereocenters. The van der Waals surface area contributed by atoms with Crippen LogP contribution in [0.4, 0.5) is 0 Å². The Bertz CT molecular complexity index is 227. The van der Waals surface area contributed by atoms with Crippen molar-refractivity contribution in [3.63, 3.8) is 0 Å². The van der Waals surface area contributed by atoms with Crippen LogP contribution in [0.1, 0.15) is 12.6 Å². The number of hydrogen-bond acceptors (Lipinski definition) is 2. The lowest BCUT2D eigenvalue weighted by Crippen LogP contribution is -2.18. The van der Waals surface area contributed by atoms with Crippen LogP contribution in [-0.4, -0.2) is 35.3 Å². The monoisotopic (exact) mass is 167 g/mol. The summed E-state index contributed by atoms with van der Waals surface area (Å²) in [5.41, 5.74) is 1.17. The predicted molar refractivity (Wildman–Crippen MR) is 50.2 cm³/mol. The van der Waals surface area contributed by atoms with Crippen LogP contribution in [0, 0.1) is 0 Å². The summed E-state index contributed by atoms with van der Waals surface area (Å²) in [6.45, 7) is 4.15. The van der Waals surface area contributed by atoms with Crippen molar-refractivity contribution in [1.82, 2.24) is 14.7 Å². The summed E-state index contributed by atoms with van der Waals surface area (Å²) < 4.78 is 2.00. The Morgan fingerprint density at radius 1 is 1.50 bits per heavy atom. The first-order valence-corrected chi connectivity index (χ1v) is 4.39. The Labute approximate surface area is 74.0 Å². The van der Waals surface area contributed by atoms with Crippen LogP contribution >= 0.6 is 0 Å². The SMILES string of the molecule is CCc1ccn(CCN(C)C)n1. The zero-order valence-electron chi connectivity index (χ0n) is 8.12. The molecule has 0 aliphatic rings. The second-order valence-electron chi connectivity index (χ2n) is 3.23. The second-order valence-corrected chi connectivity index (χ2v) is 3.23. The molecule has 0 aliphatic heterocycles. The molecule has 12 heavy (non-hydrogen) atoms. The maximum atomic E-state index is 4.39. The largest absolute Gasteiger partial charge is 0.308 e. The molecule has 0 bridgehead atoms. The predicted octanol–water partition coefficient (Wildman–Crippen LogP) is 1.01. The van der Waals surface area contributed by atoms with Crippen LogP contribution in [0.5, 0.6) is 0 Å². The molecule has 68 valence electrons. The Balaban J connectivity index is 2.41. The highest BCUT2D eigenvalue weighted by molar-refractivity contribution is 4.97. The number of nitrogens with zero attached hydrogens (tertiary/aromatic N) is 3. The van der Waals surface area contributed by atoms with Gasteiger partial charge in [0.15, 0.2) is 0 Å². The van der Waals surface area contributed by atoms with Gasteiger partial charge in [0.2, 0.25) is 0 Å². The smallest absolute Gasteiger partial charge is 0.0621 e. The van der Waals surface area contributed by atoms with Crippen molar-refractivity contribution in [2.24, 2.45) is 0 Å². The summed E-state index contributed by atoms with van der Waals surface area (Å²) in [6, 6.07) is 2.08. The second kappa shape index (κ2) is 4.26. The molecule has 3 nitrogen and oxygen atoms in total. The molecule has 0 N–H and O–H groups in total. The molecule has 0 amide bonds. The lowest BCUT2D eigenvalue weighted by Gasteiger charge is -2.08. The van der Waals surface area contributed by atoms with Crippen molar-refractivity contribution >= 4 is 0 Å². The van der Waals surface area contributed by atoms with Gasteiger partial charge in [0, 0.05) is 12.7 Å². The van der Waals surface area contributed by atoms with Crippen LogP contribution in [-0.2, 0) is 13.0 Å². The van der Waals surface area contributed by atoms with E-state index >= 15 is 0 Å². The first-order chi connectivity index (χ1) is 5.72. The van der Waals surface area contributed by atoms with Gasteiger partial charge in [-0.05, 0) is 26.6 Å². The number of aryl methyl sites for hydroxylation is 1. The van der Waals surface area contributed by atoms with Gasteiger partial charge in [0.25, 0.3) is 0 Å². The molecule has 1 heterocycles. The molecule has 0 spiro atoms. The molecule has 1 aromatic rings. The van der Waals surface area contributed by atoms with Gasteiger partial charge in [-0.1, -0.05) is 6.92 Å². The van der Waals surface area contributed by atoms with Crippen molar-refractivity contribution in [3.8, 4) is 0 Å². The number of rotatable bonds is 4. The maximum Gasteiger partial charge on any atom is 0.0621 e. The van der Waals surface area contributed by atoms with Crippen molar-refractivity contribution in [1.29, 1.82) is 0 Å². The fraction of sp³-hybridized carbons (Fsp3) is 0.667. The number of aromatic nitrogens is 2. The lowest BCUT2D eigenvalue weighted by atomic mass is 10.4. The highest BCUT2D eigenvalue weighted by Crippen LogP contribution is 1.95. The van der Waals surface area contributed by atoms with Crippen molar-refractivity contribution in [2.75, 3.05) is 20.6 Å². The molecule has 0 radical (unpaired) electrons. The molecular formula is C9H17N3. The van der Waals surface area contributed by atoms with Gasteiger partial charge in [0.05, 0.1) is 12.2 Å². The highest BCUT2D eigenvalue weighted by atomic mass is 15.3. The third kappa shape index (κ3) is 2.66. The zero-order valence-corrected chi connectivity index (χ0v) is 8.12. The van der Waals surface area contributed by atoms with E-state index in [-0.39, 0.29) is 0 Å². The minimum absolute atomic E-state index is 0.979. The molecule has 0 aliphatic carbocycles. The Morgan fingerprint density at radius 2 is 2.25 bits per heavy atom. The van der Waals surface area contributed by atoms with E-state index in [1.54, 1.807) is 0 Å². The van der Waals surface area contributed by atoms with Gasteiger partial charge < -0.3 is 4.90 Å². The normalized spacial score (nSPS) is 11.0. The van der Waals surface area contributed by atoms with Gasteiger partial charge in [0.1, 0.15) is 0 Å². The van der Waals surface area contributed by atoms with Gasteiger partial charge in [-0.25, -0.2) is 0 Å². The van der Waals surface area contributed by atoms with Gasteiger partial charge in [-0.2, -0.15) is 5.10 Å². The summed E-state index contributed by atoms with van der Waals surface area (Å²) in [6.07, 6.45) is 3.07. The summed E-state index contributed by atoms with van der Waals surface area (Å²) >= 11 is 0. The third-order valence-electron chi connectivity index (χ3n) is 1.83. The molecule has 0 saturated heterocycles. The van der Waals surface area contributed by atoms with Gasteiger partial charge in [-0.3, -0.25) is 4.68 Å². The van der Waals surface area contributed by atoms with E-state index in [0.29, 0.717) is 0 Å². The standard InChI is InChI=1S/C9H17N3/c1-4-9-5-6-12(10-9)8-7-11(2)3/h5-6H,4,7-8H2,1-3H3. The van der Waals surface area contributed by atoms with Crippen LogP contribution in [0.25, 0.3) is 0 Å². The van der Waals surface area contributed by atoms with Crippen molar-refractivity contribution in [2.45, 2.75) is 19.9 Å². The maximum absolute atomic E-state index is 4.39. The molecule has 0 fully saturated rings. The zero-order chi connectivity index (χ0) is 8.97. The highest BCUT2D eigenvalue weighted by Gasteiger charge is 1.96. The quantitative estimate of drug-likeness (QED) is 0.667. The Morgan fingerprint density at radius 3 is 2.75 bits per heavy atom.